The van der Waals surface area contributed by atoms with Gasteiger partial charge in [0.15, 0.2) is 17.8 Å². The van der Waals surface area contributed by atoms with Gasteiger partial charge in [0.05, 0.1) is 33.0 Å². The summed E-state index contributed by atoms with van der Waals surface area (Å²) in [6.45, 7) is 1.04. The van der Waals surface area contributed by atoms with Gasteiger partial charge in [-0.05, 0) is 31.5 Å². The molecule has 1 aromatic carbocycles. The highest BCUT2D eigenvalue weighted by Gasteiger charge is 2.48. The molecule has 0 saturated carbocycles. The zero-order valence-electron chi connectivity index (χ0n) is 15.1. The maximum absolute atomic E-state index is 10.7. The fraction of sp³-hybridized carbons (Fsp3) is 0.579. The average Bonchev–Trinajstić information content (AvgIpc) is 3.00. The van der Waals surface area contributed by atoms with Gasteiger partial charge in [-0.25, -0.2) is 0 Å². The maximum atomic E-state index is 10.7. The lowest BCUT2D eigenvalue weighted by Crippen LogP contribution is -2.45. The lowest BCUT2D eigenvalue weighted by molar-refractivity contribution is -0.163. The number of hydrogen-bond acceptors (Lipinski definition) is 6. The molecule has 0 aromatic heterocycles. The van der Waals surface area contributed by atoms with Crippen LogP contribution in [0.15, 0.2) is 17.7 Å². The molecule has 0 radical (unpaired) electrons. The van der Waals surface area contributed by atoms with Crippen molar-refractivity contribution < 1.29 is 24.1 Å². The van der Waals surface area contributed by atoms with Crippen molar-refractivity contribution in [3.63, 3.8) is 0 Å². The Morgan fingerprint density at radius 3 is 2.60 bits per heavy atom. The Labute approximate surface area is 147 Å². The van der Waals surface area contributed by atoms with Crippen molar-refractivity contribution >= 4 is 0 Å². The molecule has 2 aliphatic heterocycles. The molecule has 3 aliphatic rings. The Bertz CT molecular complexity index is 716. The SMILES string of the molecule is COc1cc2c(c(OC)c1OC)[C@@H](O)O[C@H]1CC=C3CCN(C)[C@@H]3[C@H]21. The van der Waals surface area contributed by atoms with Gasteiger partial charge in [0.2, 0.25) is 5.75 Å². The summed E-state index contributed by atoms with van der Waals surface area (Å²) in [5.74, 6) is 1.72. The van der Waals surface area contributed by atoms with Crippen molar-refractivity contribution in [1.29, 1.82) is 0 Å². The molecule has 1 saturated heterocycles. The molecule has 2 heterocycles. The monoisotopic (exact) mass is 347 g/mol. The van der Waals surface area contributed by atoms with Crippen molar-refractivity contribution in [2.45, 2.75) is 37.2 Å². The molecule has 1 N–H and O–H groups in total. The molecule has 0 unspecified atom stereocenters. The van der Waals surface area contributed by atoms with Crippen molar-refractivity contribution in [2.24, 2.45) is 0 Å². The lowest BCUT2D eigenvalue weighted by Gasteiger charge is -2.44. The van der Waals surface area contributed by atoms with E-state index in [-0.39, 0.29) is 18.1 Å². The van der Waals surface area contributed by atoms with Gasteiger partial charge in [-0.3, -0.25) is 4.90 Å². The largest absolute Gasteiger partial charge is 0.493 e. The third-order valence-electron chi connectivity index (χ3n) is 5.77. The summed E-state index contributed by atoms with van der Waals surface area (Å²) in [7, 11) is 6.91. The van der Waals surface area contributed by atoms with Crippen LogP contribution in [-0.2, 0) is 4.74 Å². The quantitative estimate of drug-likeness (QED) is 0.846. The molecular formula is C19H25NO5. The topological polar surface area (TPSA) is 60.4 Å². The van der Waals surface area contributed by atoms with Crippen LogP contribution < -0.4 is 14.2 Å². The van der Waals surface area contributed by atoms with Crippen molar-refractivity contribution in [3.8, 4) is 17.2 Å². The highest BCUT2D eigenvalue weighted by Crippen LogP contribution is 2.54. The Morgan fingerprint density at radius 2 is 1.92 bits per heavy atom. The van der Waals surface area contributed by atoms with Crippen LogP contribution in [-0.4, -0.2) is 57.1 Å². The second-order valence-electron chi connectivity index (χ2n) is 6.89. The third kappa shape index (κ3) is 2.35. The normalized spacial score (nSPS) is 30.8. The minimum Gasteiger partial charge on any atom is -0.493 e. The highest BCUT2D eigenvalue weighted by molar-refractivity contribution is 5.62. The smallest absolute Gasteiger partial charge is 0.203 e. The number of likely N-dealkylation sites (N-methyl/N-ethyl adjacent to an activating group) is 1. The van der Waals surface area contributed by atoms with Gasteiger partial charge < -0.3 is 24.1 Å². The molecule has 4 rings (SSSR count). The van der Waals surface area contributed by atoms with Gasteiger partial charge in [-0.1, -0.05) is 11.6 Å². The number of fused-ring (bicyclic) bond motifs is 5. The first-order valence-electron chi connectivity index (χ1n) is 8.66. The van der Waals surface area contributed by atoms with Crippen LogP contribution in [0.2, 0.25) is 0 Å². The van der Waals surface area contributed by atoms with Gasteiger partial charge in [0, 0.05) is 18.5 Å². The van der Waals surface area contributed by atoms with E-state index in [4.69, 9.17) is 18.9 Å². The van der Waals surface area contributed by atoms with Crippen LogP contribution >= 0.6 is 0 Å². The predicted octanol–water partition coefficient (Wildman–Crippen LogP) is 2.22. The van der Waals surface area contributed by atoms with Crippen LogP contribution in [0.4, 0.5) is 0 Å². The summed E-state index contributed by atoms with van der Waals surface area (Å²) in [6.07, 6.45) is 3.10. The van der Waals surface area contributed by atoms with E-state index in [0.29, 0.717) is 22.8 Å². The summed E-state index contributed by atoms with van der Waals surface area (Å²) in [4.78, 5) is 2.37. The molecule has 6 nitrogen and oxygen atoms in total. The van der Waals surface area contributed by atoms with E-state index >= 15 is 0 Å². The highest BCUT2D eigenvalue weighted by atomic mass is 16.6. The summed E-state index contributed by atoms with van der Waals surface area (Å²) < 4.78 is 22.6. The first-order chi connectivity index (χ1) is 12.1. The number of methoxy groups -OCH3 is 3. The molecule has 1 aliphatic carbocycles. The Balaban J connectivity index is 1.93. The fourth-order valence-electron chi connectivity index (χ4n) is 4.69. The fourth-order valence-corrected chi connectivity index (χ4v) is 4.69. The zero-order chi connectivity index (χ0) is 17.7. The number of aliphatic hydroxyl groups is 1. The van der Waals surface area contributed by atoms with Gasteiger partial charge in [-0.2, -0.15) is 0 Å². The van der Waals surface area contributed by atoms with Crippen LogP contribution in [0.1, 0.15) is 36.2 Å². The Hall–Kier alpha value is -1.76. The molecular weight excluding hydrogens is 322 g/mol. The van der Waals surface area contributed by atoms with E-state index in [9.17, 15) is 5.11 Å². The van der Waals surface area contributed by atoms with Gasteiger partial charge in [0.1, 0.15) is 0 Å². The van der Waals surface area contributed by atoms with Crippen LogP contribution in [0.3, 0.4) is 0 Å². The molecule has 6 heteroatoms. The number of aliphatic hydroxyl groups excluding tert-OH is 1. The van der Waals surface area contributed by atoms with E-state index in [2.05, 4.69) is 18.0 Å². The first kappa shape index (κ1) is 16.7. The minimum absolute atomic E-state index is 0.0559. The molecule has 1 fully saturated rings. The molecule has 25 heavy (non-hydrogen) atoms. The van der Waals surface area contributed by atoms with E-state index in [1.807, 2.05) is 6.07 Å². The molecule has 0 amide bonds. The predicted molar refractivity (Wildman–Crippen MR) is 92.4 cm³/mol. The molecule has 4 atom stereocenters. The molecule has 0 bridgehead atoms. The molecule has 1 aromatic rings. The van der Waals surface area contributed by atoms with E-state index in [1.54, 1.807) is 21.3 Å². The third-order valence-corrected chi connectivity index (χ3v) is 5.77. The van der Waals surface area contributed by atoms with E-state index < -0.39 is 6.29 Å². The van der Waals surface area contributed by atoms with Gasteiger partial charge in [-0.15, -0.1) is 0 Å². The number of hydrogen-bond donors (Lipinski definition) is 1. The summed E-state index contributed by atoms with van der Waals surface area (Å²) in [6, 6.07) is 2.27. The zero-order valence-corrected chi connectivity index (χ0v) is 15.1. The average molecular weight is 347 g/mol. The number of ether oxygens (including phenoxy) is 4. The number of likely N-dealkylation sites (tertiary alicyclic amines) is 1. The van der Waals surface area contributed by atoms with E-state index in [1.165, 1.54) is 5.57 Å². The lowest BCUT2D eigenvalue weighted by atomic mass is 9.74. The molecule has 136 valence electrons. The Morgan fingerprint density at radius 1 is 1.16 bits per heavy atom. The van der Waals surface area contributed by atoms with Crippen molar-refractivity contribution in [2.75, 3.05) is 34.9 Å². The van der Waals surface area contributed by atoms with Gasteiger partial charge >= 0.3 is 0 Å². The maximum Gasteiger partial charge on any atom is 0.203 e. The Kier molecular flexibility index (Phi) is 4.14. The first-order valence-corrected chi connectivity index (χ1v) is 8.66. The number of benzene rings is 1. The number of rotatable bonds is 3. The summed E-state index contributed by atoms with van der Waals surface area (Å²) >= 11 is 0. The minimum atomic E-state index is -1.03. The van der Waals surface area contributed by atoms with Crippen LogP contribution in [0.25, 0.3) is 0 Å². The second kappa shape index (κ2) is 6.20. The molecule has 0 spiro atoms. The van der Waals surface area contributed by atoms with Crippen LogP contribution in [0.5, 0.6) is 17.2 Å². The summed E-state index contributed by atoms with van der Waals surface area (Å²) in [5, 5.41) is 10.7. The van der Waals surface area contributed by atoms with Gasteiger partial charge in [0.25, 0.3) is 0 Å². The number of nitrogens with zero attached hydrogens (tertiary/aromatic N) is 1. The van der Waals surface area contributed by atoms with Crippen molar-refractivity contribution in [3.05, 3.63) is 28.8 Å². The van der Waals surface area contributed by atoms with Crippen molar-refractivity contribution in [1.82, 2.24) is 4.90 Å². The summed E-state index contributed by atoms with van der Waals surface area (Å²) in [5.41, 5.74) is 3.15. The van der Waals surface area contributed by atoms with E-state index in [0.717, 1.165) is 24.9 Å². The van der Waals surface area contributed by atoms with Crippen LogP contribution in [0, 0.1) is 0 Å². The second-order valence-corrected chi connectivity index (χ2v) is 6.89. The standard InChI is InChI=1S/C19H25NO5/c1-20-8-7-10-5-6-12-14(16(10)20)11-9-13(22-2)17(23-3)18(24-4)15(11)19(21)25-12/h5,9,12,14,16,19,21H,6-8H2,1-4H3/t12-,14+,16-,19-/m0/s1.